The molecular formula is C27H28F3N3O6. The number of alkyl halides is 3. The lowest BCUT2D eigenvalue weighted by Gasteiger charge is -2.21. The number of carboxylic acids is 1. The smallest absolute Gasteiger partial charge is 0.416 e. The summed E-state index contributed by atoms with van der Waals surface area (Å²) in [7, 11) is 0. The molecule has 1 saturated heterocycles. The maximum atomic E-state index is 13.0. The molecule has 0 aliphatic carbocycles. The Labute approximate surface area is 221 Å². The molecule has 0 saturated carbocycles. The minimum Gasteiger partial charge on any atom is -0.494 e. The number of aromatic nitrogens is 3. The molecule has 2 heterocycles. The van der Waals surface area contributed by atoms with Gasteiger partial charge in [0.15, 0.2) is 5.78 Å². The van der Waals surface area contributed by atoms with E-state index in [1.54, 1.807) is 24.3 Å². The van der Waals surface area contributed by atoms with Crippen LogP contribution in [0.25, 0.3) is 10.9 Å². The first kappa shape index (κ1) is 28.2. The fourth-order valence-corrected chi connectivity index (χ4v) is 4.45. The molecular weight excluding hydrogens is 519 g/mol. The Hall–Kier alpha value is -3.80. The Bertz CT molecular complexity index is 1370. The first-order valence-electron chi connectivity index (χ1n) is 12.6. The fourth-order valence-electron chi connectivity index (χ4n) is 4.45. The molecule has 1 aliphatic heterocycles. The lowest BCUT2D eigenvalue weighted by molar-refractivity contribution is -0.142. The Morgan fingerprint density at radius 2 is 1.85 bits per heavy atom. The van der Waals surface area contributed by atoms with Crippen LogP contribution >= 0.6 is 0 Å². The number of fused-ring (bicyclic) bond motifs is 1. The second kappa shape index (κ2) is 12.4. The zero-order chi connectivity index (χ0) is 28.0. The number of nitrogens with zero attached hydrogens (tertiary/aromatic N) is 3. The van der Waals surface area contributed by atoms with Gasteiger partial charge in [0.2, 0.25) is 0 Å². The van der Waals surface area contributed by atoms with E-state index in [2.05, 4.69) is 10.3 Å². The number of hydrogen-bond donors (Lipinski definition) is 1. The molecule has 208 valence electrons. The molecule has 1 N–H and O–H groups in total. The van der Waals surface area contributed by atoms with Gasteiger partial charge in [-0.05, 0) is 74.1 Å². The van der Waals surface area contributed by atoms with Crippen LogP contribution in [0.4, 0.5) is 13.2 Å². The number of ether oxygens (including phenoxy) is 2. The number of carbonyl (C=O) groups excluding carboxylic acids is 1. The van der Waals surface area contributed by atoms with Crippen LogP contribution in [0.3, 0.4) is 0 Å². The molecule has 1 unspecified atom stereocenters. The number of benzene rings is 2. The largest absolute Gasteiger partial charge is 0.494 e. The fraction of sp³-hybridized carbons (Fsp3) is 0.444. The van der Waals surface area contributed by atoms with E-state index < -0.39 is 35.0 Å². The van der Waals surface area contributed by atoms with Crippen molar-refractivity contribution in [1.29, 1.82) is 0 Å². The number of aryl methyl sites for hydroxylation is 1. The molecule has 1 fully saturated rings. The number of rotatable bonds is 11. The molecule has 0 spiro atoms. The lowest BCUT2D eigenvalue weighted by Crippen LogP contribution is -2.27. The molecule has 3 aromatic rings. The van der Waals surface area contributed by atoms with Crippen molar-refractivity contribution in [3.63, 3.8) is 0 Å². The molecule has 0 bridgehead atoms. The van der Waals surface area contributed by atoms with Crippen molar-refractivity contribution in [3.8, 4) is 5.75 Å². The van der Waals surface area contributed by atoms with Gasteiger partial charge in [0.25, 0.3) is 5.56 Å². The van der Waals surface area contributed by atoms with Gasteiger partial charge in [0, 0.05) is 31.7 Å². The zero-order valence-electron chi connectivity index (χ0n) is 21.0. The van der Waals surface area contributed by atoms with Crippen molar-refractivity contribution in [3.05, 3.63) is 63.9 Å². The summed E-state index contributed by atoms with van der Waals surface area (Å²) < 4.78 is 51.1. The Morgan fingerprint density at radius 3 is 2.51 bits per heavy atom. The van der Waals surface area contributed by atoms with E-state index in [1.165, 1.54) is 0 Å². The van der Waals surface area contributed by atoms with Gasteiger partial charge >= 0.3 is 12.1 Å². The molecule has 1 atom stereocenters. The van der Waals surface area contributed by atoms with Crippen LogP contribution in [0.2, 0.25) is 0 Å². The standard InChI is InChI=1S/C27H28F3N3O6/c28-27(29,30)20-3-6-23-22(16-20)25(35)33(32-31-23)11-7-19(26(36)37)15-24(34)18-1-4-21(5-2-18)39-14-10-17-8-12-38-13-9-17/h1-6,16-17,19H,7-15H2,(H,36,37). The number of Topliss-reactive ketones (excluding diaryl/α,β-unsaturated/α-hetero) is 1. The lowest BCUT2D eigenvalue weighted by atomic mass is 9.95. The summed E-state index contributed by atoms with van der Waals surface area (Å²) in [5, 5.41) is 16.8. The average molecular weight is 548 g/mol. The molecule has 9 nitrogen and oxygen atoms in total. The van der Waals surface area contributed by atoms with Gasteiger partial charge in [-0.15, -0.1) is 5.10 Å². The summed E-state index contributed by atoms with van der Waals surface area (Å²) >= 11 is 0. The van der Waals surface area contributed by atoms with E-state index in [4.69, 9.17) is 9.47 Å². The average Bonchev–Trinajstić information content (AvgIpc) is 2.92. The third-order valence-electron chi connectivity index (χ3n) is 6.83. The van der Waals surface area contributed by atoms with Gasteiger partial charge in [0.1, 0.15) is 11.3 Å². The highest BCUT2D eigenvalue weighted by Gasteiger charge is 2.31. The number of carbonyl (C=O) groups is 2. The van der Waals surface area contributed by atoms with Crippen LogP contribution < -0.4 is 10.3 Å². The van der Waals surface area contributed by atoms with Crippen LogP contribution in [0.5, 0.6) is 5.75 Å². The highest BCUT2D eigenvalue weighted by Crippen LogP contribution is 2.30. The van der Waals surface area contributed by atoms with E-state index in [0.717, 1.165) is 49.3 Å². The summed E-state index contributed by atoms with van der Waals surface area (Å²) in [5.41, 5.74) is -1.52. The molecule has 1 aliphatic rings. The highest BCUT2D eigenvalue weighted by atomic mass is 19.4. The third-order valence-corrected chi connectivity index (χ3v) is 6.83. The van der Waals surface area contributed by atoms with Gasteiger partial charge in [-0.3, -0.25) is 14.4 Å². The molecule has 0 amide bonds. The van der Waals surface area contributed by atoms with Gasteiger partial charge in [-0.2, -0.15) is 13.2 Å². The summed E-state index contributed by atoms with van der Waals surface area (Å²) in [6.07, 6.45) is -2.16. The van der Waals surface area contributed by atoms with Crippen molar-refractivity contribution < 1.29 is 37.3 Å². The SMILES string of the molecule is O=C(CC(CCn1nnc2ccc(C(F)(F)F)cc2c1=O)C(=O)O)c1ccc(OCCC2CCOCC2)cc1. The van der Waals surface area contributed by atoms with Gasteiger partial charge in [-0.1, -0.05) is 5.21 Å². The normalized spacial score (nSPS) is 15.3. The van der Waals surface area contributed by atoms with Crippen LogP contribution in [0.1, 0.15) is 48.0 Å². The van der Waals surface area contributed by atoms with Crippen LogP contribution in [0, 0.1) is 11.8 Å². The molecule has 39 heavy (non-hydrogen) atoms. The quantitative estimate of drug-likeness (QED) is 0.352. The van der Waals surface area contributed by atoms with Crippen molar-refractivity contribution in [2.24, 2.45) is 11.8 Å². The minimum absolute atomic E-state index is 0.00905. The van der Waals surface area contributed by atoms with Gasteiger partial charge < -0.3 is 14.6 Å². The van der Waals surface area contributed by atoms with Crippen LogP contribution in [0.15, 0.2) is 47.3 Å². The number of ketones is 1. The monoisotopic (exact) mass is 547 g/mol. The highest BCUT2D eigenvalue weighted by molar-refractivity contribution is 5.98. The van der Waals surface area contributed by atoms with Crippen molar-refractivity contribution in [1.82, 2.24) is 15.0 Å². The number of carboxylic acid groups (broad SMARTS) is 1. The second-order valence-corrected chi connectivity index (χ2v) is 9.52. The number of halogens is 3. The molecule has 2 aromatic carbocycles. The van der Waals surface area contributed by atoms with Crippen LogP contribution in [-0.2, 0) is 22.3 Å². The summed E-state index contributed by atoms with van der Waals surface area (Å²) in [5.74, 6) is -1.60. The van der Waals surface area contributed by atoms with E-state index in [0.29, 0.717) is 29.9 Å². The van der Waals surface area contributed by atoms with Gasteiger partial charge in [0.05, 0.1) is 23.5 Å². The predicted octanol–water partition coefficient (Wildman–Crippen LogP) is 4.37. The Morgan fingerprint density at radius 1 is 1.13 bits per heavy atom. The van der Waals surface area contributed by atoms with Gasteiger partial charge in [-0.25, -0.2) is 4.68 Å². The predicted molar refractivity (Wildman–Crippen MR) is 134 cm³/mol. The van der Waals surface area contributed by atoms with E-state index in [9.17, 15) is 32.7 Å². The molecule has 0 radical (unpaired) electrons. The topological polar surface area (TPSA) is 121 Å². The molecule has 4 rings (SSSR count). The second-order valence-electron chi connectivity index (χ2n) is 9.52. The van der Waals surface area contributed by atoms with Crippen molar-refractivity contribution in [2.75, 3.05) is 19.8 Å². The zero-order valence-corrected chi connectivity index (χ0v) is 21.0. The van der Waals surface area contributed by atoms with Crippen LogP contribution in [-0.4, -0.2) is 51.7 Å². The number of aliphatic carboxylic acids is 1. The number of hydrogen-bond acceptors (Lipinski definition) is 7. The summed E-state index contributed by atoms with van der Waals surface area (Å²) in [6, 6.07) is 9.01. The van der Waals surface area contributed by atoms with E-state index >= 15 is 0 Å². The maximum Gasteiger partial charge on any atom is 0.416 e. The molecule has 12 heteroatoms. The maximum absolute atomic E-state index is 13.0. The van der Waals surface area contributed by atoms with E-state index in [-0.39, 0.29) is 30.3 Å². The minimum atomic E-state index is -4.64. The summed E-state index contributed by atoms with van der Waals surface area (Å²) in [4.78, 5) is 37.3. The summed E-state index contributed by atoms with van der Waals surface area (Å²) in [6.45, 7) is 1.86. The first-order chi connectivity index (χ1) is 18.6. The third kappa shape index (κ3) is 7.41. The van der Waals surface area contributed by atoms with E-state index in [1.807, 2.05) is 0 Å². The van der Waals surface area contributed by atoms with Crippen molar-refractivity contribution >= 4 is 22.7 Å². The van der Waals surface area contributed by atoms with Crippen molar-refractivity contribution in [2.45, 2.75) is 44.8 Å². The Kier molecular flexibility index (Phi) is 8.95. The first-order valence-corrected chi connectivity index (χ1v) is 12.6. The Balaban J connectivity index is 1.35. The molecule has 1 aromatic heterocycles.